The summed E-state index contributed by atoms with van der Waals surface area (Å²) in [6.45, 7) is 2.10. The van der Waals surface area contributed by atoms with E-state index < -0.39 is 0 Å². The zero-order valence-electron chi connectivity index (χ0n) is 5.47. The molecule has 1 rings (SSSR count). The summed E-state index contributed by atoms with van der Waals surface area (Å²) in [5.41, 5.74) is 0. The van der Waals surface area contributed by atoms with Crippen LogP contribution < -0.4 is 5.32 Å². The van der Waals surface area contributed by atoms with E-state index in [1.807, 2.05) is 0 Å². The van der Waals surface area contributed by atoms with Crippen LogP contribution in [0.2, 0.25) is 0 Å². The van der Waals surface area contributed by atoms with Crippen LogP contribution >= 0.6 is 0 Å². The molecule has 2 heteroatoms. The van der Waals surface area contributed by atoms with Gasteiger partial charge in [-0.3, -0.25) is 0 Å². The third kappa shape index (κ3) is 2.14. The minimum absolute atomic E-state index is 0.497. The molecule has 1 fully saturated rings. The maximum atomic E-state index is 9.99. The second-order valence-electron chi connectivity index (χ2n) is 2.43. The van der Waals surface area contributed by atoms with Crippen molar-refractivity contribution >= 4 is 6.29 Å². The highest BCUT2D eigenvalue weighted by molar-refractivity contribution is 5.61. The zero-order valence-corrected chi connectivity index (χ0v) is 5.47. The highest BCUT2D eigenvalue weighted by Crippen LogP contribution is 2.10. The first-order valence-electron chi connectivity index (χ1n) is 3.43. The van der Waals surface area contributed by atoms with Gasteiger partial charge < -0.3 is 10.1 Å². The van der Waals surface area contributed by atoms with Crippen molar-refractivity contribution in [1.29, 1.82) is 0 Å². The van der Waals surface area contributed by atoms with Gasteiger partial charge >= 0.3 is 0 Å². The first kappa shape index (κ1) is 6.75. The van der Waals surface area contributed by atoms with Gasteiger partial charge in [-0.05, 0) is 31.8 Å². The molecule has 0 aromatic carbocycles. The first-order valence-corrected chi connectivity index (χ1v) is 3.43. The van der Waals surface area contributed by atoms with Crippen molar-refractivity contribution in [3.05, 3.63) is 6.42 Å². The average molecular weight is 126 g/mol. The highest BCUT2D eigenvalue weighted by Gasteiger charge is 2.11. The Morgan fingerprint density at radius 2 is 2.44 bits per heavy atom. The van der Waals surface area contributed by atoms with E-state index in [1.165, 1.54) is 12.8 Å². The number of aldehydes is 1. The van der Waals surface area contributed by atoms with Gasteiger partial charge in [-0.1, -0.05) is 0 Å². The molecule has 0 amide bonds. The Labute approximate surface area is 55.6 Å². The lowest BCUT2D eigenvalue weighted by Crippen LogP contribution is -2.30. The van der Waals surface area contributed by atoms with Gasteiger partial charge in [0, 0.05) is 6.42 Å². The van der Waals surface area contributed by atoms with Crippen LogP contribution in [0.5, 0.6) is 0 Å². The Balaban J connectivity index is 2.15. The predicted molar refractivity (Wildman–Crippen MR) is 36.0 cm³/mol. The van der Waals surface area contributed by atoms with Gasteiger partial charge in [0.2, 0.25) is 0 Å². The third-order valence-corrected chi connectivity index (χ3v) is 1.69. The largest absolute Gasteiger partial charge is 0.316 e. The Morgan fingerprint density at radius 1 is 1.56 bits per heavy atom. The van der Waals surface area contributed by atoms with Crippen molar-refractivity contribution < 1.29 is 4.79 Å². The lowest BCUT2D eigenvalue weighted by molar-refractivity contribution is -0.105. The molecule has 51 valence electrons. The minimum atomic E-state index is 0.497. The summed E-state index contributed by atoms with van der Waals surface area (Å²) in [5, 5.41) is 3.23. The molecule has 0 bridgehead atoms. The summed E-state index contributed by atoms with van der Waals surface area (Å²) < 4.78 is 0. The average Bonchev–Trinajstić information content (AvgIpc) is 1.91. The summed E-state index contributed by atoms with van der Waals surface area (Å²) in [6, 6.07) is 0. The van der Waals surface area contributed by atoms with E-state index in [9.17, 15) is 4.79 Å². The highest BCUT2D eigenvalue weighted by atomic mass is 16.1. The third-order valence-electron chi connectivity index (χ3n) is 1.69. The molecule has 9 heavy (non-hydrogen) atoms. The molecule has 0 spiro atoms. The van der Waals surface area contributed by atoms with E-state index in [2.05, 4.69) is 5.32 Å². The Kier molecular flexibility index (Phi) is 2.71. The van der Waals surface area contributed by atoms with Gasteiger partial charge in [0.15, 0.2) is 0 Å². The van der Waals surface area contributed by atoms with Gasteiger partial charge in [0.05, 0.1) is 0 Å². The van der Waals surface area contributed by atoms with Crippen LogP contribution in [0.25, 0.3) is 0 Å². The van der Waals surface area contributed by atoms with E-state index in [0.717, 1.165) is 19.4 Å². The maximum absolute atomic E-state index is 9.99. The first-order chi connectivity index (χ1) is 4.43. The summed E-state index contributed by atoms with van der Waals surface area (Å²) >= 11 is 0. The summed E-state index contributed by atoms with van der Waals surface area (Å²) in [5.74, 6) is 0.497. The predicted octanol–water partition coefficient (Wildman–Crippen LogP) is 0.389. The molecule has 1 saturated heterocycles. The van der Waals surface area contributed by atoms with Crippen molar-refractivity contribution in [3.63, 3.8) is 0 Å². The molecule has 2 nitrogen and oxygen atoms in total. The molecule has 1 atom stereocenters. The fraction of sp³-hybridized carbons (Fsp3) is 0.714. The standard InChI is InChI=1S/C7H12NO/c9-5-3-7-2-1-4-8-6-7/h3,5,7-8H,1-2,4,6H2. The molecule has 1 unspecified atom stereocenters. The number of carbonyl (C=O) groups is 1. The van der Waals surface area contributed by atoms with Crippen LogP contribution in [0, 0.1) is 12.3 Å². The fourth-order valence-corrected chi connectivity index (χ4v) is 1.15. The van der Waals surface area contributed by atoms with Crippen LogP contribution in [0.4, 0.5) is 0 Å². The number of nitrogens with one attached hydrogen (secondary N) is 1. The SMILES string of the molecule is O=C[CH]C1CCCNC1. The van der Waals surface area contributed by atoms with E-state index >= 15 is 0 Å². The molecule has 1 heterocycles. The van der Waals surface area contributed by atoms with Crippen molar-refractivity contribution in [1.82, 2.24) is 5.32 Å². The van der Waals surface area contributed by atoms with Crippen molar-refractivity contribution in [2.45, 2.75) is 12.8 Å². The molecule has 1 aliphatic rings. The summed E-state index contributed by atoms with van der Waals surface area (Å²) in [4.78, 5) is 9.99. The van der Waals surface area contributed by atoms with Gasteiger partial charge in [0.1, 0.15) is 6.29 Å². The second-order valence-corrected chi connectivity index (χ2v) is 2.43. The van der Waals surface area contributed by atoms with Crippen LogP contribution in [0.3, 0.4) is 0 Å². The summed E-state index contributed by atoms with van der Waals surface area (Å²) in [7, 11) is 0. The molecule has 0 aromatic rings. The monoisotopic (exact) mass is 126 g/mol. The van der Waals surface area contributed by atoms with Crippen LogP contribution in [-0.4, -0.2) is 19.4 Å². The molecule has 1 aliphatic heterocycles. The minimum Gasteiger partial charge on any atom is -0.316 e. The van der Waals surface area contributed by atoms with Gasteiger partial charge in [-0.15, -0.1) is 0 Å². The fourth-order valence-electron chi connectivity index (χ4n) is 1.15. The molecule has 1 N–H and O–H groups in total. The summed E-state index contributed by atoms with van der Waals surface area (Å²) in [6.07, 6.45) is 5.02. The van der Waals surface area contributed by atoms with Gasteiger partial charge in [-0.2, -0.15) is 0 Å². The van der Waals surface area contributed by atoms with Gasteiger partial charge in [0.25, 0.3) is 0 Å². The lowest BCUT2D eigenvalue weighted by Gasteiger charge is -2.19. The molecule has 1 radical (unpaired) electrons. The topological polar surface area (TPSA) is 29.1 Å². The number of carbonyl (C=O) groups excluding carboxylic acids is 1. The molecule has 0 saturated carbocycles. The Bertz CT molecular complexity index is 86.9. The quantitative estimate of drug-likeness (QED) is 0.542. The number of piperidine rings is 1. The maximum Gasteiger partial charge on any atom is 0.124 e. The zero-order chi connectivity index (χ0) is 6.53. The van der Waals surface area contributed by atoms with Crippen LogP contribution in [0.1, 0.15) is 12.8 Å². The van der Waals surface area contributed by atoms with Gasteiger partial charge in [-0.25, -0.2) is 0 Å². The Morgan fingerprint density at radius 3 is 3.00 bits per heavy atom. The van der Waals surface area contributed by atoms with E-state index in [-0.39, 0.29) is 0 Å². The molecule has 0 aliphatic carbocycles. The molecule has 0 aromatic heterocycles. The van der Waals surface area contributed by atoms with Crippen LogP contribution in [-0.2, 0) is 4.79 Å². The van der Waals surface area contributed by atoms with E-state index in [0.29, 0.717) is 5.92 Å². The van der Waals surface area contributed by atoms with Crippen LogP contribution in [0.15, 0.2) is 0 Å². The number of hydrogen-bond donors (Lipinski definition) is 1. The number of rotatable bonds is 2. The van der Waals surface area contributed by atoms with E-state index in [1.54, 1.807) is 6.42 Å². The van der Waals surface area contributed by atoms with Crippen molar-refractivity contribution in [3.8, 4) is 0 Å². The Hall–Kier alpha value is -0.370. The van der Waals surface area contributed by atoms with Crippen molar-refractivity contribution in [2.75, 3.05) is 13.1 Å². The van der Waals surface area contributed by atoms with E-state index in [4.69, 9.17) is 0 Å². The van der Waals surface area contributed by atoms with Crippen molar-refractivity contribution in [2.24, 2.45) is 5.92 Å². The lowest BCUT2D eigenvalue weighted by atomic mass is 9.97. The molecular weight excluding hydrogens is 114 g/mol. The second kappa shape index (κ2) is 3.62. The smallest absolute Gasteiger partial charge is 0.124 e. The number of hydrogen-bond acceptors (Lipinski definition) is 2. The normalized spacial score (nSPS) is 27.8. The molecular formula is C7H12NO.